The molecule has 1 heterocycles. The number of hydrogen-bond donors (Lipinski definition) is 1. The summed E-state index contributed by atoms with van der Waals surface area (Å²) in [6.45, 7) is 0.134. The highest BCUT2D eigenvalue weighted by atomic mass is 19.1. The molecule has 0 spiro atoms. The normalized spacial score (nSPS) is 18.4. The van der Waals surface area contributed by atoms with Crippen molar-refractivity contribution in [2.24, 2.45) is 5.92 Å². The average molecular weight is 384 g/mol. The number of amides is 2. The molecule has 2 aromatic carbocycles. The van der Waals surface area contributed by atoms with Gasteiger partial charge in [0, 0.05) is 42.2 Å². The maximum atomic E-state index is 14.0. The molecular weight excluding hydrogens is 362 g/mol. The van der Waals surface area contributed by atoms with Crippen LogP contribution in [0.4, 0.5) is 14.5 Å². The zero-order valence-corrected chi connectivity index (χ0v) is 15.5. The van der Waals surface area contributed by atoms with Gasteiger partial charge in [-0.1, -0.05) is 24.3 Å². The maximum Gasteiger partial charge on any atom is 0.227 e. The zero-order valence-electron chi connectivity index (χ0n) is 15.5. The molecule has 2 aliphatic rings. The van der Waals surface area contributed by atoms with E-state index in [9.17, 15) is 18.4 Å². The molecule has 2 amide bonds. The van der Waals surface area contributed by atoms with E-state index in [4.69, 9.17) is 0 Å². The SMILES string of the molecule is O=C1Nc2ccccc2CC1CCC(=O)N(Cc1ccc(F)cc1F)C1CC1. The van der Waals surface area contributed by atoms with Crippen molar-refractivity contribution >= 4 is 17.5 Å². The predicted molar refractivity (Wildman–Crippen MR) is 101 cm³/mol. The summed E-state index contributed by atoms with van der Waals surface area (Å²) in [4.78, 5) is 26.8. The van der Waals surface area contributed by atoms with Crippen molar-refractivity contribution in [3.8, 4) is 0 Å². The Morgan fingerprint density at radius 2 is 1.93 bits per heavy atom. The summed E-state index contributed by atoms with van der Waals surface area (Å²) in [6, 6.07) is 11.2. The number of hydrogen-bond acceptors (Lipinski definition) is 2. The number of nitrogens with one attached hydrogen (secondary N) is 1. The first-order valence-electron chi connectivity index (χ1n) is 9.63. The smallest absolute Gasteiger partial charge is 0.227 e. The van der Waals surface area contributed by atoms with Crippen LogP contribution >= 0.6 is 0 Å². The van der Waals surface area contributed by atoms with Crippen LogP contribution in [0.5, 0.6) is 0 Å². The number of rotatable bonds is 6. The van der Waals surface area contributed by atoms with Crippen LogP contribution in [-0.4, -0.2) is 22.8 Å². The third-order valence-corrected chi connectivity index (χ3v) is 5.48. The second-order valence-electron chi connectivity index (χ2n) is 7.57. The fraction of sp³-hybridized carbons (Fsp3) is 0.364. The lowest BCUT2D eigenvalue weighted by Crippen LogP contribution is -2.35. The van der Waals surface area contributed by atoms with Gasteiger partial charge in [0.05, 0.1) is 0 Å². The Bertz CT molecular complexity index is 911. The molecule has 1 N–H and O–H groups in total. The summed E-state index contributed by atoms with van der Waals surface area (Å²) >= 11 is 0. The van der Waals surface area contributed by atoms with Gasteiger partial charge in [0.25, 0.3) is 0 Å². The van der Waals surface area contributed by atoms with Crippen molar-refractivity contribution in [2.45, 2.75) is 44.7 Å². The van der Waals surface area contributed by atoms with Gasteiger partial charge in [-0.05, 0) is 43.4 Å². The summed E-state index contributed by atoms with van der Waals surface area (Å²) in [6.07, 6.45) is 3.09. The van der Waals surface area contributed by atoms with E-state index in [1.165, 1.54) is 12.1 Å². The van der Waals surface area contributed by atoms with E-state index in [0.29, 0.717) is 18.4 Å². The third-order valence-electron chi connectivity index (χ3n) is 5.48. The summed E-state index contributed by atoms with van der Waals surface area (Å²) in [5.41, 5.74) is 2.22. The van der Waals surface area contributed by atoms with E-state index in [-0.39, 0.29) is 36.7 Å². The fourth-order valence-corrected chi connectivity index (χ4v) is 3.73. The van der Waals surface area contributed by atoms with E-state index >= 15 is 0 Å². The number of carbonyl (C=O) groups is 2. The molecule has 28 heavy (non-hydrogen) atoms. The maximum absolute atomic E-state index is 14.0. The molecule has 0 radical (unpaired) electrons. The van der Waals surface area contributed by atoms with Crippen molar-refractivity contribution in [3.05, 3.63) is 65.2 Å². The van der Waals surface area contributed by atoms with Gasteiger partial charge < -0.3 is 10.2 Å². The van der Waals surface area contributed by atoms with Gasteiger partial charge >= 0.3 is 0 Å². The van der Waals surface area contributed by atoms with Crippen LogP contribution in [0, 0.1) is 17.6 Å². The number of benzene rings is 2. The van der Waals surface area contributed by atoms with Gasteiger partial charge in [-0.25, -0.2) is 8.78 Å². The quantitative estimate of drug-likeness (QED) is 0.817. The molecule has 4 rings (SSSR count). The van der Waals surface area contributed by atoms with Crippen molar-refractivity contribution in [1.29, 1.82) is 0 Å². The Labute approximate surface area is 162 Å². The lowest BCUT2D eigenvalue weighted by Gasteiger charge is -2.26. The summed E-state index contributed by atoms with van der Waals surface area (Å²) in [5, 5.41) is 2.90. The van der Waals surface area contributed by atoms with Crippen molar-refractivity contribution in [3.63, 3.8) is 0 Å². The third kappa shape index (κ3) is 4.06. The molecule has 1 atom stereocenters. The lowest BCUT2D eigenvalue weighted by atomic mass is 9.89. The highest BCUT2D eigenvalue weighted by Gasteiger charge is 2.34. The Hall–Kier alpha value is -2.76. The first-order valence-corrected chi connectivity index (χ1v) is 9.63. The van der Waals surface area contributed by atoms with Gasteiger partial charge in [0.15, 0.2) is 0 Å². The average Bonchev–Trinajstić information content (AvgIpc) is 3.50. The number of nitrogens with zero attached hydrogens (tertiary/aromatic N) is 1. The van der Waals surface area contributed by atoms with E-state index in [1.54, 1.807) is 4.90 Å². The number of fused-ring (bicyclic) bond motifs is 1. The molecule has 1 aliphatic heterocycles. The molecule has 0 bridgehead atoms. The highest BCUT2D eigenvalue weighted by Crippen LogP contribution is 2.31. The van der Waals surface area contributed by atoms with Gasteiger partial charge in [-0.2, -0.15) is 0 Å². The summed E-state index contributed by atoms with van der Waals surface area (Å²) < 4.78 is 27.1. The van der Waals surface area contributed by atoms with Crippen LogP contribution in [0.3, 0.4) is 0 Å². The lowest BCUT2D eigenvalue weighted by molar-refractivity contribution is -0.133. The molecule has 1 saturated carbocycles. The molecule has 1 aliphatic carbocycles. The van der Waals surface area contributed by atoms with Gasteiger partial charge in [0.2, 0.25) is 11.8 Å². The van der Waals surface area contributed by atoms with Gasteiger partial charge in [-0.3, -0.25) is 9.59 Å². The molecule has 146 valence electrons. The largest absolute Gasteiger partial charge is 0.335 e. The van der Waals surface area contributed by atoms with Gasteiger partial charge in [0.1, 0.15) is 11.6 Å². The zero-order chi connectivity index (χ0) is 19.7. The second kappa shape index (κ2) is 7.70. The fourth-order valence-electron chi connectivity index (χ4n) is 3.73. The summed E-state index contributed by atoms with van der Waals surface area (Å²) in [7, 11) is 0. The Morgan fingerprint density at radius 3 is 2.68 bits per heavy atom. The number of halogens is 2. The van der Waals surface area contributed by atoms with Crippen molar-refractivity contribution < 1.29 is 18.4 Å². The molecule has 1 fully saturated rings. The number of para-hydroxylation sites is 1. The molecule has 0 saturated heterocycles. The number of anilines is 1. The minimum absolute atomic E-state index is 0.0611. The van der Waals surface area contributed by atoms with E-state index < -0.39 is 11.6 Å². The second-order valence-corrected chi connectivity index (χ2v) is 7.57. The Balaban J connectivity index is 1.39. The predicted octanol–water partition coefficient (Wildman–Crippen LogP) is 4.05. The Morgan fingerprint density at radius 1 is 1.14 bits per heavy atom. The topological polar surface area (TPSA) is 49.4 Å². The van der Waals surface area contributed by atoms with Crippen LogP contribution in [0.2, 0.25) is 0 Å². The van der Waals surface area contributed by atoms with Crippen LogP contribution in [0.15, 0.2) is 42.5 Å². The molecule has 1 unspecified atom stereocenters. The van der Waals surface area contributed by atoms with Crippen LogP contribution < -0.4 is 5.32 Å². The first-order chi connectivity index (χ1) is 13.5. The van der Waals surface area contributed by atoms with Crippen LogP contribution in [0.1, 0.15) is 36.8 Å². The minimum atomic E-state index is -0.637. The van der Waals surface area contributed by atoms with E-state index in [0.717, 1.165) is 30.2 Å². The number of carbonyl (C=O) groups excluding carboxylic acids is 2. The van der Waals surface area contributed by atoms with E-state index in [2.05, 4.69) is 5.32 Å². The molecule has 0 aromatic heterocycles. The molecular formula is C22H22F2N2O2. The van der Waals surface area contributed by atoms with E-state index in [1.807, 2.05) is 24.3 Å². The monoisotopic (exact) mass is 384 g/mol. The Kier molecular flexibility index (Phi) is 5.11. The van der Waals surface area contributed by atoms with Crippen LogP contribution in [0.25, 0.3) is 0 Å². The standard InChI is InChI=1S/C22H22F2N2O2/c23-17-7-5-16(19(24)12-17)13-26(18-8-9-18)21(27)10-6-15-11-14-3-1-2-4-20(14)25-22(15)28/h1-5,7,12,15,18H,6,8-11,13H2,(H,25,28). The van der Waals surface area contributed by atoms with Crippen LogP contribution in [-0.2, 0) is 22.6 Å². The molecule has 4 nitrogen and oxygen atoms in total. The minimum Gasteiger partial charge on any atom is -0.335 e. The highest BCUT2D eigenvalue weighted by molar-refractivity contribution is 5.96. The first kappa shape index (κ1) is 18.6. The summed E-state index contributed by atoms with van der Waals surface area (Å²) in [5.74, 6) is -1.66. The van der Waals surface area contributed by atoms with Crippen molar-refractivity contribution in [2.75, 3.05) is 5.32 Å². The molecule has 2 aromatic rings. The van der Waals surface area contributed by atoms with Crippen molar-refractivity contribution in [1.82, 2.24) is 4.90 Å². The molecule has 6 heteroatoms. The van der Waals surface area contributed by atoms with Gasteiger partial charge in [-0.15, -0.1) is 0 Å².